The molecule has 1 aliphatic rings. The van der Waals surface area contributed by atoms with Crippen LogP contribution in [0.25, 0.3) is 11.5 Å². The quantitative estimate of drug-likeness (QED) is 0.541. The predicted octanol–water partition coefficient (Wildman–Crippen LogP) is 2.12. The van der Waals surface area contributed by atoms with Crippen molar-refractivity contribution in [2.45, 2.75) is 31.6 Å². The van der Waals surface area contributed by atoms with Gasteiger partial charge in [-0.2, -0.15) is 19.8 Å². The van der Waals surface area contributed by atoms with E-state index in [2.05, 4.69) is 30.6 Å². The summed E-state index contributed by atoms with van der Waals surface area (Å²) < 4.78 is 15.2. The highest BCUT2D eigenvalue weighted by Crippen LogP contribution is 2.45. The Labute approximate surface area is 175 Å². The lowest BCUT2D eigenvalue weighted by molar-refractivity contribution is -0.117. The first-order chi connectivity index (χ1) is 14.9. The lowest BCUT2D eigenvalue weighted by Crippen LogP contribution is -2.22. The molecule has 4 aromatic heterocycles. The van der Waals surface area contributed by atoms with E-state index in [0.717, 1.165) is 5.69 Å². The fourth-order valence-corrected chi connectivity index (χ4v) is 4.12. The number of fused-ring (bicyclic) bond motifs is 3. The Kier molecular flexibility index (Phi) is 4.04. The van der Waals surface area contributed by atoms with E-state index in [1.165, 1.54) is 40.0 Å². The van der Waals surface area contributed by atoms with Gasteiger partial charge in [0.2, 0.25) is 11.9 Å². The van der Waals surface area contributed by atoms with E-state index in [1.54, 1.807) is 6.20 Å². The molecular weight excluding hydrogens is 401 g/mol. The number of rotatable bonds is 3. The Bertz CT molecular complexity index is 1370. The lowest BCUT2D eigenvalue weighted by Gasteiger charge is -2.19. The number of halogens is 1. The summed E-state index contributed by atoms with van der Waals surface area (Å²) in [6.07, 6.45) is 6.52. The molecule has 154 valence electrons. The van der Waals surface area contributed by atoms with E-state index in [9.17, 15) is 14.4 Å². The van der Waals surface area contributed by atoms with Crippen LogP contribution in [0, 0.1) is 17.3 Å². The molecule has 31 heavy (non-hydrogen) atoms. The maximum Gasteiger partial charge on any atom is 0.235 e. The minimum atomic E-state index is -0.619. The Balaban J connectivity index is 1.47. The summed E-state index contributed by atoms with van der Waals surface area (Å²) >= 11 is 0. The van der Waals surface area contributed by atoms with E-state index >= 15 is 0 Å². The Morgan fingerprint density at radius 1 is 1.26 bits per heavy atom. The standard InChI is InChI=1S/C20H16FN9O/c1-20(2)7-13(14-10-23-16-6-15(21)28-29(16)17(14)20)19(31)27-12-5-11(8-22)18(24-9-12)30-25-3-4-26-30/h3-6,9-10,13H,7H2,1-2H3,(H,27,31)/t13-/m0/s1. The van der Waals surface area contributed by atoms with Gasteiger partial charge < -0.3 is 5.32 Å². The summed E-state index contributed by atoms with van der Waals surface area (Å²) in [5.74, 6) is -1.12. The minimum absolute atomic E-state index is 0.219. The van der Waals surface area contributed by atoms with E-state index in [1.807, 2.05) is 19.9 Å². The molecule has 4 heterocycles. The van der Waals surface area contributed by atoms with E-state index in [0.29, 0.717) is 23.3 Å². The number of carbonyl (C=O) groups is 1. The number of hydrogen-bond donors (Lipinski definition) is 1. The first-order valence-corrected chi connectivity index (χ1v) is 9.50. The number of nitriles is 1. The van der Waals surface area contributed by atoms with Crippen molar-refractivity contribution in [2.75, 3.05) is 5.32 Å². The third-order valence-corrected chi connectivity index (χ3v) is 5.39. The molecule has 0 fully saturated rings. The van der Waals surface area contributed by atoms with Gasteiger partial charge in [-0.1, -0.05) is 13.8 Å². The number of pyridine rings is 1. The number of nitrogens with zero attached hydrogens (tertiary/aromatic N) is 8. The van der Waals surface area contributed by atoms with E-state index < -0.39 is 17.3 Å². The fourth-order valence-electron chi connectivity index (χ4n) is 4.12. The average Bonchev–Trinajstić information content (AvgIpc) is 3.44. The largest absolute Gasteiger partial charge is 0.324 e. The smallest absolute Gasteiger partial charge is 0.235 e. The minimum Gasteiger partial charge on any atom is -0.324 e. The van der Waals surface area contributed by atoms with Gasteiger partial charge in [-0.05, 0) is 12.5 Å². The van der Waals surface area contributed by atoms with Crippen LogP contribution < -0.4 is 5.32 Å². The Morgan fingerprint density at radius 2 is 2.03 bits per heavy atom. The van der Waals surface area contributed by atoms with Crippen molar-refractivity contribution >= 4 is 17.2 Å². The molecule has 0 aliphatic heterocycles. The van der Waals surface area contributed by atoms with Crippen molar-refractivity contribution in [3.05, 3.63) is 59.7 Å². The van der Waals surface area contributed by atoms with Crippen LogP contribution in [0.3, 0.4) is 0 Å². The summed E-state index contributed by atoms with van der Waals surface area (Å²) in [5, 5.41) is 24.2. The summed E-state index contributed by atoms with van der Waals surface area (Å²) in [5.41, 5.74) is 2.04. The molecule has 0 radical (unpaired) electrons. The van der Waals surface area contributed by atoms with Gasteiger partial charge in [-0.3, -0.25) is 4.79 Å². The zero-order valence-corrected chi connectivity index (χ0v) is 16.6. The van der Waals surface area contributed by atoms with Crippen molar-refractivity contribution in [1.82, 2.24) is 34.6 Å². The van der Waals surface area contributed by atoms with Crippen LogP contribution in [-0.2, 0) is 10.2 Å². The molecule has 1 N–H and O–H groups in total. The monoisotopic (exact) mass is 417 g/mol. The molecule has 0 bridgehead atoms. The SMILES string of the molecule is CC1(C)C[C@H](C(=O)Nc2cnc(-n3nccn3)c(C#N)c2)c2cnc3cc(F)nn3c21. The van der Waals surface area contributed by atoms with E-state index in [4.69, 9.17) is 0 Å². The first kappa shape index (κ1) is 18.8. The topological polar surface area (TPSA) is 127 Å². The first-order valence-electron chi connectivity index (χ1n) is 9.50. The van der Waals surface area contributed by atoms with Crippen LogP contribution in [0.1, 0.15) is 43.0 Å². The van der Waals surface area contributed by atoms with Gasteiger partial charge in [0, 0.05) is 23.2 Å². The van der Waals surface area contributed by atoms with Gasteiger partial charge in [0.15, 0.2) is 11.5 Å². The van der Waals surface area contributed by atoms with Crippen LogP contribution in [-0.4, -0.2) is 40.5 Å². The van der Waals surface area contributed by atoms with Crippen molar-refractivity contribution in [3.63, 3.8) is 0 Å². The Hall–Kier alpha value is -4.20. The third-order valence-electron chi connectivity index (χ3n) is 5.39. The highest BCUT2D eigenvalue weighted by molar-refractivity contribution is 5.97. The molecule has 1 atom stereocenters. The van der Waals surface area contributed by atoms with Gasteiger partial charge in [-0.25, -0.2) is 14.5 Å². The second kappa shape index (κ2) is 6.66. The second-order valence-corrected chi connectivity index (χ2v) is 7.95. The number of nitrogens with one attached hydrogen (secondary N) is 1. The third kappa shape index (κ3) is 3.00. The number of amides is 1. The summed E-state index contributed by atoms with van der Waals surface area (Å²) in [6.45, 7) is 3.97. The van der Waals surface area contributed by atoms with Gasteiger partial charge in [-0.15, -0.1) is 9.90 Å². The lowest BCUT2D eigenvalue weighted by atomic mass is 9.88. The molecule has 0 spiro atoms. The van der Waals surface area contributed by atoms with Gasteiger partial charge in [0.05, 0.1) is 35.9 Å². The molecule has 10 nitrogen and oxygen atoms in total. The number of aromatic nitrogens is 7. The van der Waals surface area contributed by atoms with Crippen LogP contribution in [0.5, 0.6) is 0 Å². The van der Waals surface area contributed by atoms with Crippen LogP contribution in [0.15, 0.2) is 36.9 Å². The molecule has 0 saturated carbocycles. The number of anilines is 1. The van der Waals surface area contributed by atoms with Gasteiger partial charge >= 0.3 is 0 Å². The Morgan fingerprint density at radius 3 is 2.77 bits per heavy atom. The van der Waals surface area contributed by atoms with Crippen molar-refractivity contribution in [1.29, 1.82) is 5.26 Å². The zero-order valence-electron chi connectivity index (χ0n) is 16.6. The maximum absolute atomic E-state index is 13.7. The maximum atomic E-state index is 13.7. The molecule has 1 amide bonds. The van der Waals surface area contributed by atoms with Crippen molar-refractivity contribution in [3.8, 4) is 11.9 Å². The van der Waals surface area contributed by atoms with Crippen LogP contribution >= 0.6 is 0 Å². The number of carbonyl (C=O) groups excluding carboxylic acids is 1. The molecule has 5 rings (SSSR count). The molecule has 0 aromatic carbocycles. The molecule has 0 saturated heterocycles. The highest BCUT2D eigenvalue weighted by atomic mass is 19.1. The summed E-state index contributed by atoms with van der Waals surface area (Å²) in [6, 6.07) is 4.83. The molecule has 0 unspecified atom stereocenters. The zero-order chi connectivity index (χ0) is 21.8. The van der Waals surface area contributed by atoms with Gasteiger partial charge in [0.25, 0.3) is 0 Å². The van der Waals surface area contributed by atoms with E-state index in [-0.39, 0.29) is 17.3 Å². The van der Waals surface area contributed by atoms with Crippen molar-refractivity contribution < 1.29 is 9.18 Å². The highest BCUT2D eigenvalue weighted by Gasteiger charge is 2.43. The van der Waals surface area contributed by atoms with Crippen LogP contribution in [0.4, 0.5) is 10.1 Å². The predicted molar refractivity (Wildman–Crippen MR) is 106 cm³/mol. The van der Waals surface area contributed by atoms with Crippen LogP contribution in [0.2, 0.25) is 0 Å². The van der Waals surface area contributed by atoms with Gasteiger partial charge in [0.1, 0.15) is 11.6 Å². The molecule has 11 heteroatoms. The number of hydrogen-bond acceptors (Lipinski definition) is 7. The average molecular weight is 417 g/mol. The summed E-state index contributed by atoms with van der Waals surface area (Å²) in [7, 11) is 0. The second-order valence-electron chi connectivity index (χ2n) is 7.95. The molecular formula is C20H16FN9O. The summed E-state index contributed by atoms with van der Waals surface area (Å²) in [4.78, 5) is 22.8. The van der Waals surface area contributed by atoms with Crippen molar-refractivity contribution in [2.24, 2.45) is 0 Å². The molecule has 1 aliphatic carbocycles. The fraction of sp³-hybridized carbons (Fsp3) is 0.250. The molecule has 4 aromatic rings. The normalized spacial score (nSPS) is 16.8.